The maximum absolute atomic E-state index is 12.8. The van der Waals surface area contributed by atoms with Crippen LogP contribution in [0.1, 0.15) is 110 Å². The van der Waals surface area contributed by atoms with Gasteiger partial charge in [0.1, 0.15) is 0 Å². The first-order chi connectivity index (χ1) is 19.1. The average Bonchev–Trinajstić information content (AvgIpc) is 3.30. The largest absolute Gasteiger partial charge is 0.356 e. The topological polar surface area (TPSA) is 29.1 Å². The van der Waals surface area contributed by atoms with Gasteiger partial charge in [-0.25, -0.2) is 0 Å². The summed E-state index contributed by atoms with van der Waals surface area (Å²) in [5.74, 6) is 5.67. The normalized spacial score (nSPS) is 36.3. The second-order valence-electron chi connectivity index (χ2n) is 16.0. The highest BCUT2D eigenvalue weighted by Crippen LogP contribution is 2.68. The molecule has 0 bridgehead atoms. The van der Waals surface area contributed by atoms with Gasteiger partial charge in [-0.3, -0.25) is 4.79 Å². The number of benzene rings is 1. The Morgan fingerprint density at radius 1 is 0.925 bits per heavy atom. The highest BCUT2D eigenvalue weighted by atomic mass is 16.1. The molecule has 1 amide bonds. The second kappa shape index (κ2) is 12.5. The summed E-state index contributed by atoms with van der Waals surface area (Å²) in [5.41, 5.74) is 2.57. The first kappa shape index (κ1) is 30.1. The van der Waals surface area contributed by atoms with Gasteiger partial charge < -0.3 is 9.80 Å². The van der Waals surface area contributed by atoms with Crippen LogP contribution in [0.5, 0.6) is 0 Å². The first-order valence-electron chi connectivity index (χ1n) is 17.2. The third kappa shape index (κ3) is 6.35. The molecule has 0 radical (unpaired) electrons. The number of rotatable bonds is 11. The summed E-state index contributed by atoms with van der Waals surface area (Å²) in [6.45, 7) is 10.9. The molecule has 0 heterocycles. The maximum atomic E-state index is 12.8. The summed E-state index contributed by atoms with van der Waals surface area (Å²) < 4.78 is 1.00. The number of nitrogens with zero attached hydrogens (tertiary/aromatic N) is 1. The van der Waals surface area contributed by atoms with Gasteiger partial charge in [0.15, 0.2) is 0 Å². The molecule has 40 heavy (non-hydrogen) atoms. The van der Waals surface area contributed by atoms with Crippen LogP contribution in [0.15, 0.2) is 30.3 Å². The molecule has 4 aliphatic carbocycles. The van der Waals surface area contributed by atoms with Gasteiger partial charge in [0.25, 0.3) is 0 Å². The minimum atomic E-state index is 0.272. The van der Waals surface area contributed by atoms with E-state index in [4.69, 9.17) is 0 Å². The van der Waals surface area contributed by atoms with Crippen molar-refractivity contribution in [3.05, 3.63) is 35.9 Å². The molecule has 3 nitrogen and oxygen atoms in total. The zero-order chi connectivity index (χ0) is 28.4. The van der Waals surface area contributed by atoms with Crippen LogP contribution >= 0.6 is 0 Å². The lowest BCUT2D eigenvalue weighted by Crippen LogP contribution is -2.53. The van der Waals surface area contributed by atoms with Crippen LogP contribution in [0.25, 0.3) is 0 Å². The van der Waals surface area contributed by atoms with E-state index in [1.807, 2.05) is 0 Å². The summed E-state index contributed by atoms with van der Waals surface area (Å²) in [7, 11) is 4.63. The van der Waals surface area contributed by atoms with E-state index in [9.17, 15) is 4.79 Å². The lowest BCUT2D eigenvalue weighted by atomic mass is 9.44. The van der Waals surface area contributed by atoms with Gasteiger partial charge in [-0.1, -0.05) is 63.9 Å². The Bertz CT molecular complexity index is 974. The van der Waals surface area contributed by atoms with Crippen LogP contribution in [-0.4, -0.2) is 44.1 Å². The molecule has 4 fully saturated rings. The Kier molecular flexibility index (Phi) is 9.40. The number of quaternary nitrogens is 1. The fraction of sp³-hybridized carbons (Fsp3) is 0.811. The summed E-state index contributed by atoms with van der Waals surface area (Å²) in [6, 6.07) is 10.8. The third-order valence-corrected chi connectivity index (χ3v) is 13.3. The summed E-state index contributed by atoms with van der Waals surface area (Å²) >= 11 is 0. The molecule has 0 aliphatic heterocycles. The van der Waals surface area contributed by atoms with Crippen LogP contribution < -0.4 is 5.32 Å². The standard InChI is InChI=1S/C37H60N2O/c1-28(15-20-35(40)38-25-11-26-39(4,5)27-22-29-12-7-6-8-13-29)32-18-19-33-31-17-16-30-14-9-10-23-36(30,2)34(31)21-24-37(32,33)3/h6-8,12-13,28,30-34H,9-11,14-27H2,1-5H3/p+1/t28-,30?,31+,32-,33+,34+,36+,37-/m1/s1. The van der Waals surface area contributed by atoms with Crippen molar-refractivity contribution in [2.75, 3.05) is 33.7 Å². The van der Waals surface area contributed by atoms with Crippen LogP contribution in [0, 0.1) is 46.3 Å². The van der Waals surface area contributed by atoms with Crippen molar-refractivity contribution in [2.24, 2.45) is 46.3 Å². The number of fused-ring (bicyclic) bond motifs is 5. The van der Waals surface area contributed by atoms with E-state index in [2.05, 4.69) is 70.5 Å². The molecule has 4 aliphatic rings. The molecule has 224 valence electrons. The van der Waals surface area contributed by atoms with Crippen LogP contribution in [-0.2, 0) is 11.2 Å². The fourth-order valence-electron chi connectivity index (χ4n) is 10.8. The van der Waals surface area contributed by atoms with E-state index in [1.165, 1.54) is 69.8 Å². The van der Waals surface area contributed by atoms with Gasteiger partial charge in [0, 0.05) is 25.8 Å². The van der Waals surface area contributed by atoms with Crippen molar-refractivity contribution in [1.29, 1.82) is 0 Å². The highest BCUT2D eigenvalue weighted by molar-refractivity contribution is 5.75. The average molecular weight is 550 g/mol. The Labute approximate surface area is 246 Å². The third-order valence-electron chi connectivity index (χ3n) is 13.3. The SMILES string of the molecule is C[C@H](CCC(=O)NCCC[N+](C)(C)CCc1ccccc1)[C@H]1CC[C@H]2[C@@H]3CCC4CCCC[C@]4(C)[C@H]3CC[C@]12C. The zero-order valence-corrected chi connectivity index (χ0v) is 26.7. The molecule has 1 aromatic carbocycles. The lowest BCUT2D eigenvalue weighted by Gasteiger charge is -2.61. The quantitative estimate of drug-likeness (QED) is 0.218. The fourth-order valence-corrected chi connectivity index (χ4v) is 10.8. The minimum absolute atomic E-state index is 0.272. The van der Waals surface area contributed by atoms with Crippen molar-refractivity contribution in [1.82, 2.24) is 5.32 Å². The van der Waals surface area contributed by atoms with E-state index in [-0.39, 0.29) is 5.91 Å². The number of hydrogen-bond acceptors (Lipinski definition) is 1. The van der Waals surface area contributed by atoms with Crippen LogP contribution in [0.2, 0.25) is 0 Å². The van der Waals surface area contributed by atoms with Crippen molar-refractivity contribution in [3.63, 3.8) is 0 Å². The maximum Gasteiger partial charge on any atom is 0.220 e. The van der Waals surface area contributed by atoms with Crippen LogP contribution in [0.4, 0.5) is 0 Å². The molecule has 0 aromatic heterocycles. The first-order valence-corrected chi connectivity index (χ1v) is 17.2. The summed E-state index contributed by atoms with van der Waals surface area (Å²) in [4.78, 5) is 12.8. The van der Waals surface area contributed by atoms with Crippen LogP contribution in [0.3, 0.4) is 0 Å². The predicted octanol–water partition coefficient (Wildman–Crippen LogP) is 8.28. The molecular formula is C37H61N2O+. The number of carbonyl (C=O) groups excluding carboxylic acids is 1. The van der Waals surface area contributed by atoms with E-state index < -0.39 is 0 Å². The number of amides is 1. The molecular weight excluding hydrogens is 488 g/mol. The number of carbonyl (C=O) groups is 1. The van der Waals surface area contributed by atoms with E-state index in [0.717, 1.165) is 73.0 Å². The predicted molar refractivity (Wildman–Crippen MR) is 168 cm³/mol. The molecule has 3 heteroatoms. The highest BCUT2D eigenvalue weighted by Gasteiger charge is 2.60. The summed E-state index contributed by atoms with van der Waals surface area (Å²) in [5, 5.41) is 3.26. The number of nitrogens with one attached hydrogen (secondary N) is 1. The molecule has 5 rings (SSSR count). The van der Waals surface area contributed by atoms with Gasteiger partial charge in [0.2, 0.25) is 5.91 Å². The Hall–Kier alpha value is -1.35. The van der Waals surface area contributed by atoms with E-state index in [0.29, 0.717) is 23.2 Å². The van der Waals surface area contributed by atoms with Crippen molar-refractivity contribution in [3.8, 4) is 0 Å². The Morgan fingerprint density at radius 3 is 2.50 bits per heavy atom. The van der Waals surface area contributed by atoms with Gasteiger partial charge in [0.05, 0.1) is 27.2 Å². The number of hydrogen-bond donors (Lipinski definition) is 1. The zero-order valence-electron chi connectivity index (χ0n) is 26.7. The van der Waals surface area contributed by atoms with E-state index >= 15 is 0 Å². The Morgan fingerprint density at radius 2 is 1.70 bits per heavy atom. The molecule has 8 atom stereocenters. The van der Waals surface area contributed by atoms with Gasteiger partial charge in [-0.05, 0) is 110 Å². The Balaban J connectivity index is 1.04. The van der Waals surface area contributed by atoms with Gasteiger partial charge >= 0.3 is 0 Å². The molecule has 0 spiro atoms. The monoisotopic (exact) mass is 549 g/mol. The summed E-state index contributed by atoms with van der Waals surface area (Å²) in [6.07, 6.45) is 18.7. The van der Waals surface area contributed by atoms with Crippen molar-refractivity contribution in [2.45, 2.75) is 111 Å². The lowest BCUT2D eigenvalue weighted by molar-refractivity contribution is -0.890. The van der Waals surface area contributed by atoms with Gasteiger partial charge in [-0.2, -0.15) is 0 Å². The molecule has 1 N–H and O–H groups in total. The minimum Gasteiger partial charge on any atom is -0.356 e. The van der Waals surface area contributed by atoms with Gasteiger partial charge in [-0.15, -0.1) is 0 Å². The van der Waals surface area contributed by atoms with Crippen molar-refractivity contribution < 1.29 is 9.28 Å². The molecule has 1 unspecified atom stereocenters. The molecule has 0 saturated heterocycles. The van der Waals surface area contributed by atoms with Crippen molar-refractivity contribution >= 4 is 5.91 Å². The second-order valence-corrected chi connectivity index (χ2v) is 16.0. The molecule has 1 aromatic rings. The number of likely N-dealkylation sites (N-methyl/N-ethyl adjacent to an activating group) is 1. The van der Waals surface area contributed by atoms with E-state index in [1.54, 1.807) is 0 Å². The molecule has 4 saturated carbocycles. The smallest absolute Gasteiger partial charge is 0.220 e.